The highest BCUT2D eigenvalue weighted by molar-refractivity contribution is 7.18. The van der Waals surface area contributed by atoms with Gasteiger partial charge in [-0.1, -0.05) is 12.1 Å². The zero-order valence-electron chi connectivity index (χ0n) is 18.2. The number of thiophene rings is 1. The molecule has 0 unspecified atom stereocenters. The Hall–Kier alpha value is -3.59. The van der Waals surface area contributed by atoms with Crippen LogP contribution in [0.25, 0.3) is 0 Å². The number of nitrogens with two attached hydrogens (primary N) is 1. The summed E-state index contributed by atoms with van der Waals surface area (Å²) in [6.07, 6.45) is 0. The highest BCUT2D eigenvalue weighted by atomic mass is 32.1. The lowest BCUT2D eigenvalue weighted by Crippen LogP contribution is -2.14. The van der Waals surface area contributed by atoms with E-state index >= 15 is 0 Å². The number of primary amides is 1. The summed E-state index contributed by atoms with van der Waals surface area (Å²) in [4.78, 5) is 36.9. The first kappa shape index (κ1) is 23.1. The van der Waals surface area contributed by atoms with Crippen LogP contribution in [-0.2, 0) is 11.3 Å². The molecule has 9 heteroatoms. The molecule has 32 heavy (non-hydrogen) atoms. The average molecular weight is 457 g/mol. The van der Waals surface area contributed by atoms with E-state index in [0.29, 0.717) is 11.3 Å². The number of benzene rings is 1. The first-order valence-corrected chi connectivity index (χ1v) is 10.7. The van der Waals surface area contributed by atoms with Gasteiger partial charge in [0.15, 0.2) is 5.76 Å². The van der Waals surface area contributed by atoms with Crippen molar-refractivity contribution in [2.75, 3.05) is 11.9 Å². The van der Waals surface area contributed by atoms with Crippen LogP contribution in [0.4, 0.5) is 5.00 Å². The summed E-state index contributed by atoms with van der Waals surface area (Å²) in [5.41, 5.74) is 7.92. The molecule has 0 bridgehead atoms. The number of amides is 2. The van der Waals surface area contributed by atoms with Crippen molar-refractivity contribution >= 4 is 34.1 Å². The van der Waals surface area contributed by atoms with Crippen molar-refractivity contribution in [1.82, 2.24) is 0 Å². The molecule has 2 aromatic heterocycles. The van der Waals surface area contributed by atoms with Crippen molar-refractivity contribution in [2.24, 2.45) is 5.73 Å². The molecule has 1 aromatic carbocycles. The average Bonchev–Trinajstić information content (AvgIpc) is 3.33. The topological polar surface area (TPSA) is 121 Å². The Bertz CT molecular complexity index is 1180. The van der Waals surface area contributed by atoms with Gasteiger partial charge < -0.3 is 24.9 Å². The Morgan fingerprint density at radius 3 is 2.56 bits per heavy atom. The maximum atomic E-state index is 12.7. The minimum Gasteiger partial charge on any atom is -0.485 e. The number of aryl methyl sites for hydroxylation is 2. The smallest absolute Gasteiger partial charge is 0.341 e. The zero-order valence-corrected chi connectivity index (χ0v) is 19.1. The number of hydrogen-bond donors (Lipinski definition) is 2. The lowest BCUT2D eigenvalue weighted by atomic mass is 10.1. The number of nitrogens with one attached hydrogen (secondary N) is 1. The molecule has 3 N–H and O–H groups in total. The molecule has 168 valence electrons. The number of esters is 1. The van der Waals surface area contributed by atoms with E-state index in [9.17, 15) is 14.4 Å². The lowest BCUT2D eigenvalue weighted by Gasteiger charge is -2.08. The van der Waals surface area contributed by atoms with E-state index in [1.165, 1.54) is 6.07 Å². The molecule has 0 spiro atoms. The van der Waals surface area contributed by atoms with Gasteiger partial charge in [-0.25, -0.2) is 4.79 Å². The largest absolute Gasteiger partial charge is 0.485 e. The number of carbonyl (C=O) groups is 3. The fourth-order valence-electron chi connectivity index (χ4n) is 3.04. The Morgan fingerprint density at radius 2 is 1.88 bits per heavy atom. The van der Waals surface area contributed by atoms with Gasteiger partial charge in [0.2, 0.25) is 0 Å². The standard InChI is InChI=1S/C23H24N2O6S/c1-5-29-23(28)18-14(4)19(20(24)26)32-22(18)25-21(27)16-9-8-15(31-16)11-30-17-10-12(2)6-7-13(17)3/h6-10H,5,11H2,1-4H3,(H2,24,26)(H,25,27). The predicted octanol–water partition coefficient (Wildman–Crippen LogP) is 4.37. The Balaban J connectivity index is 1.76. The molecular formula is C23H24N2O6S. The summed E-state index contributed by atoms with van der Waals surface area (Å²) >= 11 is 0.915. The third-order valence-corrected chi connectivity index (χ3v) is 5.90. The highest BCUT2D eigenvalue weighted by Crippen LogP contribution is 2.34. The molecule has 0 atom stereocenters. The maximum absolute atomic E-state index is 12.7. The molecule has 0 aliphatic heterocycles. The van der Waals surface area contributed by atoms with Gasteiger partial charge in [-0.05, 0) is 62.6 Å². The van der Waals surface area contributed by atoms with E-state index < -0.39 is 17.8 Å². The molecule has 2 amide bonds. The molecule has 3 rings (SSSR count). The molecule has 3 aromatic rings. The van der Waals surface area contributed by atoms with Crippen LogP contribution in [0.2, 0.25) is 0 Å². The van der Waals surface area contributed by atoms with Crippen LogP contribution in [-0.4, -0.2) is 24.4 Å². The fraction of sp³-hybridized carbons (Fsp3) is 0.261. The molecular weight excluding hydrogens is 432 g/mol. The van der Waals surface area contributed by atoms with Crippen molar-refractivity contribution in [3.8, 4) is 5.75 Å². The first-order chi connectivity index (χ1) is 15.2. The number of anilines is 1. The summed E-state index contributed by atoms with van der Waals surface area (Å²) in [6.45, 7) is 7.46. The lowest BCUT2D eigenvalue weighted by molar-refractivity contribution is 0.0527. The summed E-state index contributed by atoms with van der Waals surface area (Å²) in [6, 6.07) is 9.05. The van der Waals surface area contributed by atoms with E-state index in [-0.39, 0.29) is 34.4 Å². The van der Waals surface area contributed by atoms with Crippen molar-refractivity contribution < 1.29 is 28.3 Å². The van der Waals surface area contributed by atoms with E-state index in [1.807, 2.05) is 32.0 Å². The minimum atomic E-state index is -0.692. The van der Waals surface area contributed by atoms with Gasteiger partial charge in [-0.15, -0.1) is 11.3 Å². The predicted molar refractivity (Wildman–Crippen MR) is 120 cm³/mol. The van der Waals surface area contributed by atoms with Gasteiger partial charge in [0.1, 0.15) is 23.1 Å². The van der Waals surface area contributed by atoms with Gasteiger partial charge in [-0.3, -0.25) is 9.59 Å². The number of rotatable bonds is 8. The van der Waals surface area contributed by atoms with Gasteiger partial charge >= 0.3 is 5.97 Å². The number of ether oxygens (including phenoxy) is 2. The maximum Gasteiger partial charge on any atom is 0.341 e. The molecule has 8 nitrogen and oxygen atoms in total. The van der Waals surface area contributed by atoms with Crippen molar-refractivity contribution in [3.63, 3.8) is 0 Å². The molecule has 0 radical (unpaired) electrons. The second-order valence-electron chi connectivity index (χ2n) is 7.12. The second-order valence-corrected chi connectivity index (χ2v) is 8.14. The summed E-state index contributed by atoms with van der Waals surface area (Å²) in [5, 5.41) is 2.79. The van der Waals surface area contributed by atoms with Crippen LogP contribution >= 0.6 is 11.3 Å². The SMILES string of the molecule is CCOC(=O)c1c(NC(=O)c2ccc(COc3cc(C)ccc3C)o2)sc(C(N)=O)c1C. The van der Waals surface area contributed by atoms with Crippen molar-refractivity contribution in [1.29, 1.82) is 0 Å². The van der Waals surface area contributed by atoms with E-state index in [2.05, 4.69) is 5.32 Å². The monoisotopic (exact) mass is 456 g/mol. The third-order valence-electron chi connectivity index (χ3n) is 4.68. The molecule has 0 aliphatic rings. The van der Waals surface area contributed by atoms with E-state index in [0.717, 1.165) is 28.2 Å². The van der Waals surface area contributed by atoms with Gasteiger partial charge in [0, 0.05) is 0 Å². The molecule has 2 heterocycles. The van der Waals surface area contributed by atoms with Crippen molar-refractivity contribution in [3.05, 3.63) is 69.0 Å². The van der Waals surface area contributed by atoms with Crippen LogP contribution in [0.1, 0.15) is 60.0 Å². The fourth-order valence-corrected chi connectivity index (χ4v) is 4.08. The summed E-state index contributed by atoms with van der Waals surface area (Å²) < 4.78 is 16.5. The quantitative estimate of drug-likeness (QED) is 0.486. The molecule has 0 aliphatic carbocycles. The minimum absolute atomic E-state index is 0.0334. The van der Waals surface area contributed by atoms with Gasteiger partial charge in [-0.2, -0.15) is 0 Å². The molecule has 0 saturated carbocycles. The number of carbonyl (C=O) groups excluding carboxylic acids is 3. The molecule has 0 fully saturated rings. The summed E-state index contributed by atoms with van der Waals surface area (Å²) in [7, 11) is 0. The van der Waals surface area contributed by atoms with Crippen LogP contribution in [0.15, 0.2) is 34.7 Å². The van der Waals surface area contributed by atoms with Crippen molar-refractivity contribution in [2.45, 2.75) is 34.3 Å². The zero-order chi connectivity index (χ0) is 23.4. The molecule has 0 saturated heterocycles. The van der Waals surface area contributed by atoms with E-state index in [1.54, 1.807) is 19.9 Å². The van der Waals surface area contributed by atoms with Crippen LogP contribution in [0, 0.1) is 20.8 Å². The Labute approximate surface area is 189 Å². The van der Waals surface area contributed by atoms with Crippen LogP contribution in [0.3, 0.4) is 0 Å². The van der Waals surface area contributed by atoms with E-state index in [4.69, 9.17) is 19.6 Å². The highest BCUT2D eigenvalue weighted by Gasteiger charge is 2.26. The third kappa shape index (κ3) is 5.00. The summed E-state index contributed by atoms with van der Waals surface area (Å²) in [5.74, 6) is -0.688. The van der Waals surface area contributed by atoms with Gasteiger partial charge in [0.05, 0.1) is 17.0 Å². The Kier molecular flexibility index (Phi) is 6.99. The number of hydrogen-bond acceptors (Lipinski definition) is 7. The first-order valence-electron chi connectivity index (χ1n) is 9.91. The normalized spacial score (nSPS) is 10.6. The Morgan fingerprint density at radius 1 is 1.12 bits per heavy atom. The van der Waals surface area contributed by atoms with Crippen LogP contribution < -0.4 is 15.8 Å². The van der Waals surface area contributed by atoms with Crippen LogP contribution in [0.5, 0.6) is 5.75 Å². The van der Waals surface area contributed by atoms with Gasteiger partial charge in [0.25, 0.3) is 11.8 Å². The second kappa shape index (κ2) is 9.69. The number of furan rings is 1.